The maximum atomic E-state index is 14.1. The fourth-order valence-corrected chi connectivity index (χ4v) is 8.11. The molecule has 0 bridgehead atoms. The molecule has 214 valence electrons. The first-order valence-corrected chi connectivity index (χ1v) is 15.6. The van der Waals surface area contributed by atoms with Gasteiger partial charge in [-0.25, -0.2) is 8.42 Å². The number of methoxy groups -OCH3 is 2. The number of piperidine rings is 1. The molecule has 2 unspecified atom stereocenters. The Hall–Kier alpha value is -2.78. The number of nitrogens with zero attached hydrogens (tertiary/aromatic N) is 2. The van der Waals surface area contributed by atoms with E-state index in [1.54, 1.807) is 48.9 Å². The first kappa shape index (κ1) is 28.7. The minimum atomic E-state index is -3.87. The Bertz CT molecular complexity index is 1390. The third-order valence-corrected chi connectivity index (χ3v) is 10.5. The molecule has 2 atom stereocenters. The SMILES string of the molecule is COc1ccc(S(=O)(=O)N(c2cccc(OC)c2)C2CCN(C3CCCCC3(O)c3ccc(Cl)cc3)CC2)cc1. The summed E-state index contributed by atoms with van der Waals surface area (Å²) in [6.07, 6.45) is 4.90. The van der Waals surface area contributed by atoms with Crippen LogP contribution in [0.2, 0.25) is 5.02 Å². The third-order valence-electron chi connectivity index (χ3n) is 8.38. The Morgan fingerprint density at radius 3 is 2.23 bits per heavy atom. The summed E-state index contributed by atoms with van der Waals surface area (Å²) >= 11 is 6.13. The second-order valence-electron chi connectivity index (χ2n) is 10.6. The van der Waals surface area contributed by atoms with Crippen molar-refractivity contribution in [3.8, 4) is 11.5 Å². The minimum absolute atomic E-state index is 0.0353. The average molecular weight is 585 g/mol. The lowest BCUT2D eigenvalue weighted by atomic mass is 9.74. The average Bonchev–Trinajstić information content (AvgIpc) is 2.98. The molecule has 1 saturated carbocycles. The number of hydrogen-bond acceptors (Lipinski definition) is 6. The highest BCUT2D eigenvalue weighted by Gasteiger charge is 2.45. The standard InChI is InChI=1S/C31H37ClN2O5S/c1-38-27-13-15-29(16-14-27)40(36,37)34(26-6-5-7-28(22-26)39-2)25-17-20-33(21-18-25)30-8-3-4-19-31(30,35)23-9-11-24(32)12-10-23/h5-7,9-16,22,25,30,35H,3-4,8,17-21H2,1-2H3. The quantitative estimate of drug-likeness (QED) is 0.358. The molecular formula is C31H37ClN2O5S. The third kappa shape index (κ3) is 5.68. The molecule has 0 aromatic heterocycles. The Labute approximate surface area is 242 Å². The van der Waals surface area contributed by atoms with Crippen LogP contribution >= 0.6 is 11.6 Å². The Balaban J connectivity index is 1.42. The van der Waals surface area contributed by atoms with Gasteiger partial charge in [-0.3, -0.25) is 9.21 Å². The molecule has 40 heavy (non-hydrogen) atoms. The molecule has 3 aromatic rings. The predicted molar refractivity (Wildman–Crippen MR) is 158 cm³/mol. The van der Waals surface area contributed by atoms with Crippen molar-refractivity contribution in [2.75, 3.05) is 31.6 Å². The Morgan fingerprint density at radius 1 is 0.900 bits per heavy atom. The summed E-state index contributed by atoms with van der Waals surface area (Å²) in [6.45, 7) is 1.37. The molecule has 1 heterocycles. The largest absolute Gasteiger partial charge is 0.497 e. The molecule has 3 aromatic carbocycles. The Morgan fingerprint density at radius 2 is 1.57 bits per heavy atom. The summed E-state index contributed by atoms with van der Waals surface area (Å²) < 4.78 is 40.4. The van der Waals surface area contributed by atoms with Gasteiger partial charge in [0.25, 0.3) is 10.0 Å². The number of ether oxygens (including phenoxy) is 2. The zero-order valence-electron chi connectivity index (χ0n) is 23.0. The van der Waals surface area contributed by atoms with Crippen molar-refractivity contribution in [2.45, 2.75) is 61.1 Å². The summed E-state index contributed by atoms with van der Waals surface area (Å²) in [5, 5.41) is 12.6. The molecule has 0 radical (unpaired) electrons. The highest BCUT2D eigenvalue weighted by molar-refractivity contribution is 7.92. The van der Waals surface area contributed by atoms with E-state index in [0.717, 1.165) is 24.8 Å². The number of likely N-dealkylation sites (tertiary alicyclic amines) is 1. The number of aliphatic hydroxyl groups is 1. The van der Waals surface area contributed by atoms with E-state index in [2.05, 4.69) is 4.90 Å². The van der Waals surface area contributed by atoms with Crippen LogP contribution in [0, 0.1) is 0 Å². The zero-order valence-corrected chi connectivity index (χ0v) is 24.6. The lowest BCUT2D eigenvalue weighted by Crippen LogP contribution is -2.57. The summed E-state index contributed by atoms with van der Waals surface area (Å²) in [4.78, 5) is 2.57. The van der Waals surface area contributed by atoms with Gasteiger partial charge < -0.3 is 14.6 Å². The first-order chi connectivity index (χ1) is 19.3. The normalized spacial score (nSPS) is 22.6. The zero-order chi connectivity index (χ0) is 28.3. The molecule has 2 aliphatic rings. The Kier molecular flexibility index (Phi) is 8.61. The second kappa shape index (κ2) is 12.0. The fourth-order valence-electron chi connectivity index (χ4n) is 6.28. The topological polar surface area (TPSA) is 79.3 Å². The van der Waals surface area contributed by atoms with E-state index < -0.39 is 15.6 Å². The van der Waals surface area contributed by atoms with Crippen LogP contribution in [0.25, 0.3) is 0 Å². The lowest BCUT2D eigenvalue weighted by molar-refractivity contribution is -0.0849. The van der Waals surface area contributed by atoms with Crippen molar-refractivity contribution >= 4 is 27.3 Å². The molecule has 1 aliphatic carbocycles. The maximum absolute atomic E-state index is 14.1. The number of sulfonamides is 1. The molecule has 0 amide bonds. The van der Waals surface area contributed by atoms with Gasteiger partial charge in [-0.1, -0.05) is 42.6 Å². The van der Waals surface area contributed by atoms with Crippen molar-refractivity contribution in [1.29, 1.82) is 0 Å². The number of halogens is 1. The first-order valence-electron chi connectivity index (χ1n) is 13.8. The van der Waals surface area contributed by atoms with Crippen LogP contribution in [-0.2, 0) is 15.6 Å². The number of benzene rings is 3. The minimum Gasteiger partial charge on any atom is -0.497 e. The van der Waals surface area contributed by atoms with Gasteiger partial charge in [0.1, 0.15) is 17.1 Å². The molecular weight excluding hydrogens is 548 g/mol. The van der Waals surface area contributed by atoms with Gasteiger partial charge in [-0.2, -0.15) is 0 Å². The van der Waals surface area contributed by atoms with E-state index in [0.29, 0.717) is 54.6 Å². The molecule has 7 nitrogen and oxygen atoms in total. The van der Waals surface area contributed by atoms with E-state index in [1.165, 1.54) is 0 Å². The summed E-state index contributed by atoms with van der Waals surface area (Å²) in [5.74, 6) is 1.20. The monoisotopic (exact) mass is 584 g/mol. The van der Waals surface area contributed by atoms with Crippen molar-refractivity contribution in [1.82, 2.24) is 4.90 Å². The van der Waals surface area contributed by atoms with Crippen LogP contribution in [0.1, 0.15) is 44.1 Å². The highest BCUT2D eigenvalue weighted by atomic mass is 35.5. The number of hydrogen-bond donors (Lipinski definition) is 1. The molecule has 1 aliphatic heterocycles. The van der Waals surface area contributed by atoms with Crippen LogP contribution < -0.4 is 13.8 Å². The van der Waals surface area contributed by atoms with Crippen LogP contribution in [0.3, 0.4) is 0 Å². The molecule has 9 heteroatoms. The van der Waals surface area contributed by atoms with E-state index in [4.69, 9.17) is 21.1 Å². The summed E-state index contributed by atoms with van der Waals surface area (Å²) in [7, 11) is -0.743. The van der Waals surface area contributed by atoms with Gasteiger partial charge >= 0.3 is 0 Å². The second-order valence-corrected chi connectivity index (χ2v) is 12.9. The van der Waals surface area contributed by atoms with E-state index in [9.17, 15) is 13.5 Å². The van der Waals surface area contributed by atoms with Gasteiger partial charge in [-0.05, 0) is 79.8 Å². The van der Waals surface area contributed by atoms with Crippen LogP contribution in [0.5, 0.6) is 11.5 Å². The van der Waals surface area contributed by atoms with Crippen molar-refractivity contribution < 1.29 is 23.0 Å². The van der Waals surface area contributed by atoms with Gasteiger partial charge in [0.05, 0.1) is 24.8 Å². The van der Waals surface area contributed by atoms with Gasteiger partial charge in [0, 0.05) is 36.3 Å². The van der Waals surface area contributed by atoms with Crippen molar-refractivity contribution in [3.05, 3.63) is 83.4 Å². The predicted octanol–water partition coefficient (Wildman–Crippen LogP) is 5.85. The summed E-state index contributed by atoms with van der Waals surface area (Å²) in [6, 6.07) is 21.0. The number of rotatable bonds is 8. The fraction of sp³-hybridized carbons (Fsp3) is 0.419. The van der Waals surface area contributed by atoms with Gasteiger partial charge in [-0.15, -0.1) is 0 Å². The van der Waals surface area contributed by atoms with Crippen molar-refractivity contribution in [3.63, 3.8) is 0 Å². The van der Waals surface area contributed by atoms with Gasteiger partial charge in [0.15, 0.2) is 0 Å². The number of anilines is 1. The smallest absolute Gasteiger partial charge is 0.264 e. The molecule has 1 N–H and O–H groups in total. The molecule has 5 rings (SSSR count). The molecule has 1 saturated heterocycles. The van der Waals surface area contributed by atoms with Crippen LogP contribution in [-0.4, -0.2) is 57.8 Å². The van der Waals surface area contributed by atoms with E-state index in [1.807, 2.05) is 42.5 Å². The van der Waals surface area contributed by atoms with E-state index >= 15 is 0 Å². The summed E-state index contributed by atoms with van der Waals surface area (Å²) in [5.41, 5.74) is 0.505. The molecule has 2 fully saturated rings. The van der Waals surface area contributed by atoms with Crippen molar-refractivity contribution in [2.24, 2.45) is 0 Å². The molecule has 0 spiro atoms. The maximum Gasteiger partial charge on any atom is 0.264 e. The van der Waals surface area contributed by atoms with Crippen LogP contribution in [0.15, 0.2) is 77.7 Å². The highest BCUT2D eigenvalue weighted by Crippen LogP contribution is 2.42. The van der Waals surface area contributed by atoms with Crippen LogP contribution in [0.4, 0.5) is 5.69 Å². The lowest BCUT2D eigenvalue weighted by Gasteiger charge is -2.49. The van der Waals surface area contributed by atoms with Gasteiger partial charge in [0.2, 0.25) is 0 Å². The van der Waals surface area contributed by atoms with E-state index in [-0.39, 0.29) is 17.0 Å².